The highest BCUT2D eigenvalue weighted by molar-refractivity contribution is 6.30. The van der Waals surface area contributed by atoms with E-state index in [1.54, 1.807) is 0 Å². The van der Waals surface area contributed by atoms with Crippen molar-refractivity contribution in [1.82, 2.24) is 0 Å². The molecule has 0 heterocycles. The Balaban J connectivity index is 0.000000240. The van der Waals surface area contributed by atoms with Gasteiger partial charge in [0.2, 0.25) is 0 Å². The molecule has 0 N–H and O–H groups in total. The minimum absolute atomic E-state index is 0.355. The first-order valence-electron chi connectivity index (χ1n) is 8.75. The predicted octanol–water partition coefficient (Wildman–Crippen LogP) is 7.51. The van der Waals surface area contributed by atoms with Gasteiger partial charge in [-0.3, -0.25) is 0 Å². The molecule has 0 aliphatic carbocycles. The fourth-order valence-corrected chi connectivity index (χ4v) is 2.66. The molecule has 0 amide bonds. The van der Waals surface area contributed by atoms with Crippen LogP contribution in [0.3, 0.4) is 0 Å². The van der Waals surface area contributed by atoms with E-state index in [1.807, 2.05) is 12.1 Å². The molecule has 0 spiro atoms. The highest BCUT2D eigenvalue weighted by atomic mass is 35.5. The standard InChI is InChI=1S/C12H18.C11H15Cl/c1-10-5-7-11(8-6-10)9-12(2,3)4;1-11(2,3)8-9-4-6-10(12)7-5-9/h5-8H,9H2,1-4H3;4-7H,8H2,1-3H3. The molecule has 0 aromatic heterocycles. The van der Waals surface area contributed by atoms with Crippen LogP contribution < -0.4 is 0 Å². The second-order valence-electron chi connectivity index (χ2n) is 9.09. The summed E-state index contributed by atoms with van der Waals surface area (Å²) in [6.45, 7) is 15.7. The molecule has 0 unspecified atom stereocenters. The Bertz CT molecular complexity index is 535. The van der Waals surface area contributed by atoms with Gasteiger partial charge in [0.1, 0.15) is 0 Å². The van der Waals surface area contributed by atoms with Crippen molar-refractivity contribution in [1.29, 1.82) is 0 Å². The maximum atomic E-state index is 5.78. The molecule has 0 atom stereocenters. The largest absolute Gasteiger partial charge is 0.0843 e. The Labute approximate surface area is 154 Å². The van der Waals surface area contributed by atoms with Gasteiger partial charge in [0.25, 0.3) is 0 Å². The van der Waals surface area contributed by atoms with Crippen LogP contribution in [0.1, 0.15) is 58.2 Å². The Kier molecular flexibility index (Phi) is 7.55. The molecule has 0 fully saturated rings. The second kappa shape index (κ2) is 8.72. The average Bonchev–Trinajstić information content (AvgIpc) is 2.42. The van der Waals surface area contributed by atoms with Crippen molar-refractivity contribution in [3.8, 4) is 0 Å². The first-order chi connectivity index (χ1) is 10.9. The highest BCUT2D eigenvalue weighted by Crippen LogP contribution is 2.21. The third-order valence-electron chi connectivity index (χ3n) is 3.50. The van der Waals surface area contributed by atoms with Crippen molar-refractivity contribution in [3.63, 3.8) is 0 Å². The lowest BCUT2D eigenvalue weighted by atomic mass is 9.88. The Morgan fingerprint density at radius 1 is 0.625 bits per heavy atom. The van der Waals surface area contributed by atoms with E-state index in [9.17, 15) is 0 Å². The van der Waals surface area contributed by atoms with E-state index in [0.29, 0.717) is 10.8 Å². The Morgan fingerprint density at radius 3 is 1.29 bits per heavy atom. The lowest BCUT2D eigenvalue weighted by Gasteiger charge is -2.17. The molecule has 24 heavy (non-hydrogen) atoms. The number of aryl methyl sites for hydroxylation is 1. The summed E-state index contributed by atoms with van der Waals surface area (Å²) in [6, 6.07) is 16.9. The van der Waals surface area contributed by atoms with Crippen molar-refractivity contribution in [2.45, 2.75) is 61.3 Å². The molecule has 1 heteroatoms. The molecule has 0 aliphatic rings. The quantitative estimate of drug-likeness (QED) is 0.528. The molecule has 0 bridgehead atoms. The van der Waals surface area contributed by atoms with Gasteiger partial charge >= 0.3 is 0 Å². The lowest BCUT2D eigenvalue weighted by molar-refractivity contribution is 0.411. The van der Waals surface area contributed by atoms with Gasteiger partial charge in [-0.25, -0.2) is 0 Å². The van der Waals surface area contributed by atoms with Crippen LogP contribution in [0, 0.1) is 17.8 Å². The van der Waals surface area contributed by atoms with Crippen molar-refractivity contribution in [3.05, 3.63) is 70.2 Å². The number of halogens is 1. The van der Waals surface area contributed by atoms with Crippen molar-refractivity contribution in [2.24, 2.45) is 10.8 Å². The van der Waals surface area contributed by atoms with E-state index in [4.69, 9.17) is 11.6 Å². The molecule has 2 aromatic rings. The molecule has 0 saturated heterocycles. The molecule has 2 aromatic carbocycles. The first-order valence-corrected chi connectivity index (χ1v) is 9.12. The minimum atomic E-state index is 0.355. The zero-order chi connectivity index (χ0) is 18.4. The van der Waals surface area contributed by atoms with Crippen LogP contribution in [0.15, 0.2) is 48.5 Å². The third-order valence-corrected chi connectivity index (χ3v) is 3.75. The first kappa shape index (κ1) is 20.8. The summed E-state index contributed by atoms with van der Waals surface area (Å²) >= 11 is 5.78. The number of hydrogen-bond donors (Lipinski definition) is 0. The summed E-state index contributed by atoms with van der Waals surface area (Å²) in [7, 11) is 0. The van der Waals surface area contributed by atoms with Gasteiger partial charge in [-0.15, -0.1) is 0 Å². The zero-order valence-electron chi connectivity index (χ0n) is 16.4. The SMILES string of the molecule is CC(C)(C)Cc1ccc(Cl)cc1.Cc1ccc(CC(C)(C)C)cc1. The molecular formula is C23H33Cl. The van der Waals surface area contributed by atoms with Crippen LogP contribution in [0.25, 0.3) is 0 Å². The van der Waals surface area contributed by atoms with Crippen LogP contribution in [0.2, 0.25) is 5.02 Å². The van der Waals surface area contributed by atoms with Crippen molar-refractivity contribution < 1.29 is 0 Å². The van der Waals surface area contributed by atoms with Crippen LogP contribution in [0.5, 0.6) is 0 Å². The van der Waals surface area contributed by atoms with Crippen molar-refractivity contribution >= 4 is 11.6 Å². The van der Waals surface area contributed by atoms with Gasteiger partial charge in [-0.2, -0.15) is 0 Å². The molecule has 2 rings (SSSR count). The molecular weight excluding hydrogens is 312 g/mol. The molecule has 0 radical (unpaired) electrons. The Morgan fingerprint density at radius 2 is 0.958 bits per heavy atom. The second-order valence-corrected chi connectivity index (χ2v) is 9.52. The van der Waals surface area contributed by atoms with Gasteiger partial charge in [0.15, 0.2) is 0 Å². The monoisotopic (exact) mass is 344 g/mol. The van der Waals surface area contributed by atoms with E-state index in [2.05, 4.69) is 84.9 Å². The summed E-state index contributed by atoms with van der Waals surface area (Å²) in [5, 5.41) is 0.813. The zero-order valence-corrected chi connectivity index (χ0v) is 17.2. The number of rotatable bonds is 2. The molecule has 132 valence electrons. The number of benzene rings is 2. The molecule has 0 nitrogen and oxygen atoms in total. The maximum Gasteiger partial charge on any atom is 0.0406 e. The van der Waals surface area contributed by atoms with E-state index in [0.717, 1.165) is 17.9 Å². The fraction of sp³-hybridized carbons (Fsp3) is 0.478. The van der Waals surface area contributed by atoms with E-state index in [-0.39, 0.29) is 0 Å². The number of hydrogen-bond acceptors (Lipinski definition) is 0. The molecule has 0 saturated carbocycles. The van der Waals surface area contributed by atoms with Crippen LogP contribution in [0.4, 0.5) is 0 Å². The summed E-state index contributed by atoms with van der Waals surface area (Å²) < 4.78 is 0. The van der Waals surface area contributed by atoms with E-state index >= 15 is 0 Å². The van der Waals surface area contributed by atoms with E-state index in [1.165, 1.54) is 16.7 Å². The minimum Gasteiger partial charge on any atom is -0.0843 e. The Hall–Kier alpha value is -1.27. The fourth-order valence-electron chi connectivity index (χ4n) is 2.53. The van der Waals surface area contributed by atoms with Gasteiger partial charge in [0, 0.05) is 5.02 Å². The van der Waals surface area contributed by atoms with Gasteiger partial charge in [-0.1, -0.05) is 95.1 Å². The van der Waals surface area contributed by atoms with Crippen LogP contribution >= 0.6 is 11.6 Å². The normalized spacial score (nSPS) is 11.7. The maximum absolute atomic E-state index is 5.78. The average molecular weight is 345 g/mol. The third kappa shape index (κ3) is 9.78. The summed E-state index contributed by atoms with van der Waals surface area (Å²) in [4.78, 5) is 0. The summed E-state index contributed by atoms with van der Waals surface area (Å²) in [5.41, 5.74) is 4.89. The van der Waals surface area contributed by atoms with E-state index < -0.39 is 0 Å². The smallest absolute Gasteiger partial charge is 0.0406 e. The predicted molar refractivity (Wildman–Crippen MR) is 109 cm³/mol. The van der Waals surface area contributed by atoms with Crippen molar-refractivity contribution in [2.75, 3.05) is 0 Å². The van der Waals surface area contributed by atoms with Crippen LogP contribution in [-0.4, -0.2) is 0 Å². The van der Waals surface area contributed by atoms with Gasteiger partial charge < -0.3 is 0 Å². The van der Waals surface area contributed by atoms with Gasteiger partial charge in [0.05, 0.1) is 0 Å². The summed E-state index contributed by atoms with van der Waals surface area (Å²) in [5.74, 6) is 0. The summed E-state index contributed by atoms with van der Waals surface area (Å²) in [6.07, 6.45) is 2.26. The highest BCUT2D eigenvalue weighted by Gasteiger charge is 2.11. The lowest BCUT2D eigenvalue weighted by Crippen LogP contribution is -2.08. The molecule has 0 aliphatic heterocycles. The van der Waals surface area contributed by atoms with Crippen LogP contribution in [-0.2, 0) is 12.8 Å². The topological polar surface area (TPSA) is 0 Å². The van der Waals surface area contributed by atoms with Gasteiger partial charge in [-0.05, 0) is 53.9 Å².